The summed E-state index contributed by atoms with van der Waals surface area (Å²) in [5.41, 5.74) is 10.3. The second-order valence-electron chi connectivity index (χ2n) is 4.63. The second-order valence-corrected chi connectivity index (χ2v) is 4.63. The van der Waals surface area contributed by atoms with Crippen molar-refractivity contribution in [2.45, 2.75) is 20.3 Å². The summed E-state index contributed by atoms with van der Waals surface area (Å²) in [4.78, 5) is 4.80. The molecule has 0 saturated heterocycles. The molecule has 0 saturated carbocycles. The van der Waals surface area contributed by atoms with Crippen LogP contribution in [-0.2, 0) is 6.42 Å². The van der Waals surface area contributed by atoms with Gasteiger partial charge in [0.1, 0.15) is 0 Å². The van der Waals surface area contributed by atoms with Gasteiger partial charge < -0.3 is 5.73 Å². The number of anilines is 1. The summed E-state index contributed by atoms with van der Waals surface area (Å²) in [6.07, 6.45) is 0.912. The first-order valence-electron chi connectivity index (χ1n) is 6.28. The van der Waals surface area contributed by atoms with Crippen LogP contribution in [-0.4, -0.2) is 4.98 Å². The molecule has 3 rings (SSSR count). The number of pyridine rings is 1. The van der Waals surface area contributed by atoms with Crippen LogP contribution in [0.4, 0.5) is 5.69 Å². The molecule has 1 aromatic heterocycles. The highest BCUT2D eigenvalue weighted by atomic mass is 14.7. The molecular formula is C16H16N2. The van der Waals surface area contributed by atoms with Gasteiger partial charge >= 0.3 is 0 Å². The van der Waals surface area contributed by atoms with Crippen LogP contribution in [0.3, 0.4) is 0 Å². The molecule has 2 heteroatoms. The first kappa shape index (κ1) is 11.0. The topological polar surface area (TPSA) is 38.9 Å². The summed E-state index contributed by atoms with van der Waals surface area (Å²) in [6.45, 7) is 4.17. The molecule has 2 nitrogen and oxygen atoms in total. The van der Waals surface area contributed by atoms with Crippen molar-refractivity contribution < 1.29 is 0 Å². The molecular weight excluding hydrogens is 220 g/mol. The van der Waals surface area contributed by atoms with E-state index in [0.29, 0.717) is 0 Å². The Hall–Kier alpha value is -2.09. The van der Waals surface area contributed by atoms with E-state index in [-0.39, 0.29) is 0 Å². The van der Waals surface area contributed by atoms with Crippen molar-refractivity contribution in [3.05, 3.63) is 47.7 Å². The van der Waals surface area contributed by atoms with Gasteiger partial charge in [0.15, 0.2) is 0 Å². The van der Waals surface area contributed by atoms with Gasteiger partial charge in [-0.1, -0.05) is 43.3 Å². The monoisotopic (exact) mass is 236 g/mol. The van der Waals surface area contributed by atoms with E-state index in [9.17, 15) is 0 Å². The Bertz CT molecular complexity index is 745. The fourth-order valence-electron chi connectivity index (χ4n) is 2.51. The number of nitrogens with zero attached hydrogens (tertiary/aromatic N) is 1. The number of nitrogens with two attached hydrogens (primary N) is 1. The van der Waals surface area contributed by atoms with Crippen LogP contribution in [0, 0.1) is 6.92 Å². The van der Waals surface area contributed by atoms with Gasteiger partial charge in [-0.25, -0.2) is 0 Å². The lowest BCUT2D eigenvalue weighted by Gasteiger charge is -2.11. The van der Waals surface area contributed by atoms with E-state index < -0.39 is 0 Å². The highest BCUT2D eigenvalue weighted by Gasteiger charge is 2.10. The SMILES string of the molecule is CCc1nc2c(ccc3ccccc32)c(N)c1C. The third-order valence-electron chi connectivity index (χ3n) is 3.61. The van der Waals surface area contributed by atoms with Gasteiger partial charge in [-0.15, -0.1) is 0 Å². The smallest absolute Gasteiger partial charge is 0.0804 e. The molecule has 3 aromatic rings. The zero-order chi connectivity index (χ0) is 12.7. The maximum absolute atomic E-state index is 6.25. The summed E-state index contributed by atoms with van der Waals surface area (Å²) < 4.78 is 0. The maximum Gasteiger partial charge on any atom is 0.0804 e. The van der Waals surface area contributed by atoms with Gasteiger partial charge in [0.25, 0.3) is 0 Å². The molecule has 0 spiro atoms. The minimum atomic E-state index is 0.864. The van der Waals surface area contributed by atoms with Crippen LogP contribution in [0.15, 0.2) is 36.4 Å². The van der Waals surface area contributed by atoms with Crippen LogP contribution in [0.25, 0.3) is 21.7 Å². The van der Waals surface area contributed by atoms with Gasteiger partial charge in [0, 0.05) is 22.2 Å². The van der Waals surface area contributed by atoms with E-state index in [4.69, 9.17) is 10.7 Å². The minimum Gasteiger partial charge on any atom is -0.398 e. The van der Waals surface area contributed by atoms with Crippen molar-refractivity contribution in [1.29, 1.82) is 0 Å². The third kappa shape index (κ3) is 1.46. The van der Waals surface area contributed by atoms with Crippen LogP contribution < -0.4 is 5.73 Å². The molecule has 0 aliphatic rings. The second kappa shape index (κ2) is 3.98. The van der Waals surface area contributed by atoms with E-state index in [1.165, 1.54) is 10.8 Å². The van der Waals surface area contributed by atoms with Crippen LogP contribution in [0.2, 0.25) is 0 Å². The van der Waals surface area contributed by atoms with E-state index in [1.54, 1.807) is 0 Å². The standard InChI is InChI=1S/C16H16N2/c1-3-14-10(2)15(17)13-9-8-11-6-4-5-7-12(11)16(13)18-14/h4-9H,3H2,1-2H3,(H2,17,18). The Labute approximate surface area is 106 Å². The van der Waals surface area contributed by atoms with Crippen molar-refractivity contribution in [3.63, 3.8) is 0 Å². The quantitative estimate of drug-likeness (QED) is 0.652. The molecule has 2 aromatic carbocycles. The summed E-state index contributed by atoms with van der Waals surface area (Å²) in [5, 5.41) is 3.45. The van der Waals surface area contributed by atoms with E-state index in [0.717, 1.165) is 34.3 Å². The van der Waals surface area contributed by atoms with Gasteiger partial charge in [0.05, 0.1) is 5.52 Å². The average molecular weight is 236 g/mol. The lowest BCUT2D eigenvalue weighted by Crippen LogP contribution is -2.00. The van der Waals surface area contributed by atoms with Crippen molar-refractivity contribution in [2.24, 2.45) is 0 Å². The number of fused-ring (bicyclic) bond motifs is 3. The largest absolute Gasteiger partial charge is 0.398 e. The number of hydrogen-bond acceptors (Lipinski definition) is 2. The zero-order valence-electron chi connectivity index (χ0n) is 10.7. The van der Waals surface area contributed by atoms with Gasteiger partial charge in [-0.2, -0.15) is 0 Å². The molecule has 2 N–H and O–H groups in total. The maximum atomic E-state index is 6.25. The molecule has 0 amide bonds. The molecule has 0 fully saturated rings. The van der Waals surface area contributed by atoms with Crippen molar-refractivity contribution >= 4 is 27.4 Å². The molecule has 0 atom stereocenters. The predicted octanol–water partition coefficient (Wildman–Crippen LogP) is 3.84. The Morgan fingerprint density at radius 2 is 1.83 bits per heavy atom. The first-order valence-corrected chi connectivity index (χ1v) is 6.28. The fourth-order valence-corrected chi connectivity index (χ4v) is 2.51. The van der Waals surface area contributed by atoms with E-state index in [1.807, 2.05) is 12.1 Å². The van der Waals surface area contributed by atoms with Crippen LogP contribution >= 0.6 is 0 Å². The van der Waals surface area contributed by atoms with Crippen molar-refractivity contribution in [2.75, 3.05) is 5.73 Å². The van der Waals surface area contributed by atoms with Crippen LogP contribution in [0.1, 0.15) is 18.2 Å². The number of aromatic nitrogens is 1. The first-order chi connectivity index (χ1) is 8.72. The molecule has 90 valence electrons. The summed E-state index contributed by atoms with van der Waals surface area (Å²) in [5.74, 6) is 0. The van der Waals surface area contributed by atoms with E-state index >= 15 is 0 Å². The van der Waals surface area contributed by atoms with Crippen LogP contribution in [0.5, 0.6) is 0 Å². The molecule has 0 radical (unpaired) electrons. The predicted molar refractivity (Wildman–Crippen MR) is 77.8 cm³/mol. The number of nitrogen functional groups attached to an aromatic ring is 1. The van der Waals surface area contributed by atoms with Gasteiger partial charge in [0.2, 0.25) is 0 Å². The average Bonchev–Trinajstić information content (AvgIpc) is 2.42. The Morgan fingerprint density at radius 3 is 2.61 bits per heavy atom. The molecule has 0 bridgehead atoms. The van der Waals surface area contributed by atoms with Crippen molar-refractivity contribution in [1.82, 2.24) is 4.98 Å². The van der Waals surface area contributed by atoms with Gasteiger partial charge in [-0.3, -0.25) is 4.98 Å². The number of benzene rings is 2. The highest BCUT2D eigenvalue weighted by Crippen LogP contribution is 2.30. The molecule has 1 heterocycles. The molecule has 18 heavy (non-hydrogen) atoms. The fraction of sp³-hybridized carbons (Fsp3) is 0.188. The third-order valence-corrected chi connectivity index (χ3v) is 3.61. The van der Waals surface area contributed by atoms with Crippen molar-refractivity contribution in [3.8, 4) is 0 Å². The van der Waals surface area contributed by atoms with E-state index in [2.05, 4.69) is 38.1 Å². The number of rotatable bonds is 1. The summed E-state index contributed by atoms with van der Waals surface area (Å²) >= 11 is 0. The molecule has 0 unspecified atom stereocenters. The lowest BCUT2D eigenvalue weighted by molar-refractivity contribution is 1.03. The summed E-state index contributed by atoms with van der Waals surface area (Å²) in [6, 6.07) is 12.5. The minimum absolute atomic E-state index is 0.864. The molecule has 0 aliphatic carbocycles. The lowest BCUT2D eigenvalue weighted by atomic mass is 10.0. The molecule has 0 aliphatic heterocycles. The summed E-state index contributed by atoms with van der Waals surface area (Å²) in [7, 11) is 0. The normalized spacial score (nSPS) is 11.2. The zero-order valence-corrected chi connectivity index (χ0v) is 10.7. The Kier molecular flexibility index (Phi) is 2.44. The number of aryl methyl sites for hydroxylation is 1. The van der Waals surface area contributed by atoms with Gasteiger partial charge in [-0.05, 0) is 24.3 Å². The Morgan fingerprint density at radius 1 is 1.06 bits per heavy atom. The Balaban J connectivity index is 2.54. The highest BCUT2D eigenvalue weighted by molar-refractivity contribution is 6.09. The number of hydrogen-bond donors (Lipinski definition) is 1.